The molecule has 0 aliphatic heterocycles. The van der Waals surface area contributed by atoms with Crippen molar-refractivity contribution in [2.45, 2.75) is 38.6 Å². The first kappa shape index (κ1) is 15.5. The zero-order valence-electron chi connectivity index (χ0n) is 12.4. The summed E-state index contributed by atoms with van der Waals surface area (Å²) in [5.41, 5.74) is 2.24. The summed E-state index contributed by atoms with van der Waals surface area (Å²) in [6.07, 6.45) is 4.53. The molecule has 3 nitrogen and oxygen atoms in total. The van der Waals surface area contributed by atoms with E-state index >= 15 is 0 Å². The van der Waals surface area contributed by atoms with Gasteiger partial charge in [-0.15, -0.1) is 0 Å². The van der Waals surface area contributed by atoms with Gasteiger partial charge in [0.1, 0.15) is 0 Å². The lowest BCUT2D eigenvalue weighted by molar-refractivity contribution is 0.545. The van der Waals surface area contributed by atoms with Crippen LogP contribution in [0.3, 0.4) is 0 Å². The summed E-state index contributed by atoms with van der Waals surface area (Å²) in [4.78, 5) is 0. The summed E-state index contributed by atoms with van der Waals surface area (Å²) < 4.78 is 24.7. The Labute approximate surface area is 122 Å². The van der Waals surface area contributed by atoms with Crippen LogP contribution in [-0.4, -0.2) is 27.0 Å². The van der Waals surface area contributed by atoms with Crippen LogP contribution in [0.25, 0.3) is 0 Å². The fourth-order valence-corrected chi connectivity index (χ4v) is 5.06. The zero-order chi connectivity index (χ0) is 14.6. The van der Waals surface area contributed by atoms with Crippen LogP contribution in [0.1, 0.15) is 42.9 Å². The molecule has 20 heavy (non-hydrogen) atoms. The fraction of sp³-hybridized carbons (Fsp3) is 0.625. The van der Waals surface area contributed by atoms with Crippen LogP contribution in [0.15, 0.2) is 24.3 Å². The van der Waals surface area contributed by atoms with Crippen molar-refractivity contribution in [1.82, 2.24) is 5.32 Å². The van der Waals surface area contributed by atoms with E-state index in [9.17, 15) is 8.42 Å². The second-order valence-corrected chi connectivity index (χ2v) is 8.13. The van der Waals surface area contributed by atoms with Gasteiger partial charge in [-0.25, -0.2) is 8.42 Å². The first-order valence-corrected chi connectivity index (χ1v) is 9.26. The highest BCUT2D eigenvalue weighted by molar-refractivity contribution is 7.91. The van der Waals surface area contributed by atoms with E-state index in [1.807, 2.05) is 38.2 Å². The molecule has 1 aromatic carbocycles. The summed E-state index contributed by atoms with van der Waals surface area (Å²) in [6.45, 7) is 2.04. The maximum Gasteiger partial charge on any atom is 0.152 e. The lowest BCUT2D eigenvalue weighted by Crippen LogP contribution is -2.28. The molecule has 1 aliphatic rings. The van der Waals surface area contributed by atoms with Crippen LogP contribution in [0.5, 0.6) is 0 Å². The molecule has 0 bridgehead atoms. The van der Waals surface area contributed by atoms with Crippen molar-refractivity contribution in [2.24, 2.45) is 5.92 Å². The van der Waals surface area contributed by atoms with Crippen molar-refractivity contribution in [2.75, 3.05) is 18.6 Å². The summed E-state index contributed by atoms with van der Waals surface area (Å²) in [5, 5.41) is 3.14. The molecule has 2 rings (SSSR count). The molecule has 0 radical (unpaired) electrons. The largest absolute Gasteiger partial charge is 0.312 e. The molecule has 1 aliphatic carbocycles. The normalized spacial score (nSPS) is 18.3. The van der Waals surface area contributed by atoms with Crippen LogP contribution in [-0.2, 0) is 9.84 Å². The molecule has 0 spiro atoms. The Morgan fingerprint density at radius 2 is 1.80 bits per heavy atom. The third kappa shape index (κ3) is 4.32. The number of nitrogens with one attached hydrogen (secondary N) is 1. The van der Waals surface area contributed by atoms with Crippen LogP contribution >= 0.6 is 0 Å². The molecule has 0 amide bonds. The Hall–Kier alpha value is -0.870. The summed E-state index contributed by atoms with van der Waals surface area (Å²) >= 11 is 0. The Morgan fingerprint density at radius 1 is 1.20 bits per heavy atom. The monoisotopic (exact) mass is 295 g/mol. The number of hydrogen-bond acceptors (Lipinski definition) is 3. The molecular formula is C16H25NO2S. The van der Waals surface area contributed by atoms with Gasteiger partial charge in [0.2, 0.25) is 0 Å². The summed E-state index contributed by atoms with van der Waals surface area (Å²) in [6, 6.07) is 7.98. The minimum absolute atomic E-state index is 0.109. The van der Waals surface area contributed by atoms with Gasteiger partial charge >= 0.3 is 0 Å². The molecule has 0 saturated heterocycles. The van der Waals surface area contributed by atoms with Crippen molar-refractivity contribution in [1.29, 1.82) is 0 Å². The van der Waals surface area contributed by atoms with Gasteiger partial charge < -0.3 is 5.32 Å². The van der Waals surface area contributed by atoms with Gasteiger partial charge in [0.25, 0.3) is 0 Å². The van der Waals surface area contributed by atoms with Crippen LogP contribution < -0.4 is 5.32 Å². The van der Waals surface area contributed by atoms with Gasteiger partial charge in [-0.05, 0) is 38.3 Å². The summed E-state index contributed by atoms with van der Waals surface area (Å²) in [7, 11) is -1.17. The third-order valence-corrected chi connectivity index (χ3v) is 6.03. The van der Waals surface area contributed by atoms with Gasteiger partial charge in [-0.2, -0.15) is 0 Å². The van der Waals surface area contributed by atoms with E-state index in [1.54, 1.807) is 0 Å². The lowest BCUT2D eigenvalue weighted by atomic mass is 10.1. The van der Waals surface area contributed by atoms with Gasteiger partial charge in [0.15, 0.2) is 9.84 Å². The third-order valence-electron chi connectivity index (χ3n) is 4.21. The molecule has 112 valence electrons. The lowest BCUT2D eigenvalue weighted by Gasteiger charge is -2.18. The van der Waals surface area contributed by atoms with E-state index in [0.717, 1.165) is 18.4 Å². The van der Waals surface area contributed by atoms with E-state index in [4.69, 9.17) is 0 Å². The zero-order valence-corrected chi connectivity index (χ0v) is 13.2. The maximum absolute atomic E-state index is 12.4. The number of sulfone groups is 1. The van der Waals surface area contributed by atoms with Gasteiger partial charge in [0, 0.05) is 6.04 Å². The predicted octanol–water partition coefficient (Wildman–Crippen LogP) is 2.86. The van der Waals surface area contributed by atoms with Crippen molar-refractivity contribution in [3.8, 4) is 0 Å². The second kappa shape index (κ2) is 6.72. The minimum Gasteiger partial charge on any atom is -0.312 e. The van der Waals surface area contributed by atoms with Gasteiger partial charge in [-0.3, -0.25) is 0 Å². The Morgan fingerprint density at radius 3 is 2.35 bits per heavy atom. The van der Waals surface area contributed by atoms with E-state index in [-0.39, 0.29) is 11.8 Å². The number of benzene rings is 1. The van der Waals surface area contributed by atoms with Crippen molar-refractivity contribution in [3.63, 3.8) is 0 Å². The Bertz CT molecular complexity index is 516. The average molecular weight is 295 g/mol. The molecule has 1 atom stereocenters. The predicted molar refractivity (Wildman–Crippen MR) is 83.6 cm³/mol. The second-order valence-electron chi connectivity index (χ2n) is 5.98. The molecular weight excluding hydrogens is 270 g/mol. The Kier molecular flexibility index (Phi) is 5.22. The highest BCUT2D eigenvalue weighted by atomic mass is 32.2. The molecule has 4 heteroatoms. The van der Waals surface area contributed by atoms with Crippen LogP contribution in [0.4, 0.5) is 0 Å². The van der Waals surface area contributed by atoms with Crippen molar-refractivity contribution < 1.29 is 8.42 Å². The number of aryl methyl sites for hydroxylation is 1. The minimum atomic E-state index is -3.00. The standard InChI is InChI=1S/C16H25NO2S/c1-13-7-9-15(10-8-13)16(17-2)12-20(18,19)11-14-5-3-4-6-14/h7-10,14,16-17H,3-6,11-12H2,1-2H3. The highest BCUT2D eigenvalue weighted by Gasteiger charge is 2.25. The van der Waals surface area contributed by atoms with Gasteiger partial charge in [-0.1, -0.05) is 42.7 Å². The number of rotatable bonds is 6. The smallest absolute Gasteiger partial charge is 0.152 e. The Balaban J connectivity index is 2.02. The van der Waals surface area contributed by atoms with Crippen molar-refractivity contribution in [3.05, 3.63) is 35.4 Å². The number of hydrogen-bond donors (Lipinski definition) is 1. The van der Waals surface area contributed by atoms with Gasteiger partial charge in [0.05, 0.1) is 11.5 Å². The van der Waals surface area contributed by atoms with E-state index < -0.39 is 9.84 Å². The summed E-state index contributed by atoms with van der Waals surface area (Å²) in [5.74, 6) is 0.940. The van der Waals surface area contributed by atoms with Crippen LogP contribution in [0, 0.1) is 12.8 Å². The molecule has 0 aromatic heterocycles. The molecule has 1 fully saturated rings. The first-order chi connectivity index (χ1) is 9.50. The topological polar surface area (TPSA) is 46.2 Å². The van der Waals surface area contributed by atoms with Crippen LogP contribution in [0.2, 0.25) is 0 Å². The highest BCUT2D eigenvalue weighted by Crippen LogP contribution is 2.27. The average Bonchev–Trinajstić information content (AvgIpc) is 2.89. The van der Waals surface area contributed by atoms with Crippen molar-refractivity contribution >= 4 is 9.84 Å². The fourth-order valence-electron chi connectivity index (χ4n) is 3.00. The maximum atomic E-state index is 12.4. The first-order valence-electron chi connectivity index (χ1n) is 7.44. The quantitative estimate of drug-likeness (QED) is 0.878. The van der Waals surface area contributed by atoms with E-state index in [0.29, 0.717) is 11.7 Å². The molecule has 1 aromatic rings. The molecule has 1 saturated carbocycles. The molecule has 1 N–H and O–H groups in total. The molecule has 1 unspecified atom stereocenters. The SMILES string of the molecule is CNC(CS(=O)(=O)CC1CCCC1)c1ccc(C)cc1. The van der Waals surface area contributed by atoms with E-state index in [1.165, 1.54) is 18.4 Å². The van der Waals surface area contributed by atoms with E-state index in [2.05, 4.69) is 5.32 Å². The molecule has 0 heterocycles.